The second kappa shape index (κ2) is 12.8. The first-order chi connectivity index (χ1) is 19.1. The van der Waals surface area contributed by atoms with Crippen LogP contribution in [0, 0.1) is 5.82 Å². The van der Waals surface area contributed by atoms with Crippen LogP contribution in [0.1, 0.15) is 63.3 Å². The van der Waals surface area contributed by atoms with E-state index in [0.29, 0.717) is 25.3 Å². The van der Waals surface area contributed by atoms with Crippen molar-refractivity contribution >= 4 is 23.2 Å². The van der Waals surface area contributed by atoms with Gasteiger partial charge >= 0.3 is 0 Å². The summed E-state index contributed by atoms with van der Waals surface area (Å²) in [5.74, 6) is 0.0570. The Morgan fingerprint density at radius 1 is 0.923 bits per heavy atom. The summed E-state index contributed by atoms with van der Waals surface area (Å²) in [6.45, 7) is 1.87. The fraction of sp³-hybridized carbons (Fsp3) is 0.281. The van der Waals surface area contributed by atoms with Gasteiger partial charge in [-0.15, -0.1) is 11.3 Å². The van der Waals surface area contributed by atoms with E-state index in [1.807, 2.05) is 46.7 Å². The van der Waals surface area contributed by atoms with E-state index < -0.39 is 0 Å². The lowest BCUT2D eigenvalue weighted by atomic mass is 9.88. The van der Waals surface area contributed by atoms with Crippen molar-refractivity contribution in [2.75, 3.05) is 19.6 Å². The molecule has 5 nitrogen and oxygen atoms in total. The number of nitrogens with zero attached hydrogens (tertiary/aromatic N) is 2. The molecule has 4 aromatic rings. The number of amides is 2. The Kier molecular flexibility index (Phi) is 8.78. The highest BCUT2D eigenvalue weighted by molar-refractivity contribution is 7.09. The molecule has 0 unspecified atom stereocenters. The number of carbonyl (C=O) groups is 2. The number of aromatic nitrogens is 1. The minimum Gasteiger partial charge on any atom is -0.351 e. The molecule has 0 aliphatic carbocycles. The minimum absolute atomic E-state index is 0.0589. The van der Waals surface area contributed by atoms with Crippen LogP contribution in [-0.2, 0) is 11.2 Å². The summed E-state index contributed by atoms with van der Waals surface area (Å²) < 4.78 is 13.1. The van der Waals surface area contributed by atoms with Gasteiger partial charge in [-0.1, -0.05) is 72.8 Å². The van der Waals surface area contributed by atoms with E-state index >= 15 is 0 Å². The van der Waals surface area contributed by atoms with Gasteiger partial charge in [-0.05, 0) is 48.1 Å². The standard InChI is InChI=1S/C32H32FN3O2S/c33-27-13-11-23(12-14-27)21-30(37)36-19-16-26(17-20-36)32-35-29(22-39-32)31(38)34-18-15-28(24-7-3-1-4-8-24)25-9-5-2-6-10-25/h1-14,22,26,28H,15-21H2,(H,34,38). The number of likely N-dealkylation sites (tertiary alicyclic amines) is 1. The molecule has 1 N–H and O–H groups in total. The number of piperidine rings is 1. The lowest BCUT2D eigenvalue weighted by Gasteiger charge is -2.31. The summed E-state index contributed by atoms with van der Waals surface area (Å²) in [4.78, 5) is 32.1. The number of benzene rings is 3. The maximum absolute atomic E-state index is 13.1. The molecule has 1 aliphatic rings. The zero-order chi connectivity index (χ0) is 27.0. The number of hydrogen-bond donors (Lipinski definition) is 1. The molecule has 0 bridgehead atoms. The van der Waals surface area contributed by atoms with Crippen molar-refractivity contribution in [3.8, 4) is 0 Å². The van der Waals surface area contributed by atoms with Crippen LogP contribution in [0.4, 0.5) is 4.39 Å². The van der Waals surface area contributed by atoms with Crippen molar-refractivity contribution in [3.05, 3.63) is 124 Å². The molecule has 0 atom stereocenters. The Balaban J connectivity index is 1.12. The molecule has 7 heteroatoms. The molecule has 2 heterocycles. The van der Waals surface area contributed by atoms with E-state index in [0.717, 1.165) is 29.8 Å². The highest BCUT2D eigenvalue weighted by atomic mass is 32.1. The Morgan fingerprint density at radius 2 is 1.54 bits per heavy atom. The predicted octanol–water partition coefficient (Wildman–Crippen LogP) is 6.18. The molecule has 0 saturated carbocycles. The Bertz CT molecular complexity index is 1330. The predicted molar refractivity (Wildman–Crippen MR) is 152 cm³/mol. The van der Waals surface area contributed by atoms with Crippen LogP contribution in [0.5, 0.6) is 0 Å². The van der Waals surface area contributed by atoms with Gasteiger partial charge in [0.1, 0.15) is 11.5 Å². The van der Waals surface area contributed by atoms with Crippen LogP contribution in [0.2, 0.25) is 0 Å². The summed E-state index contributed by atoms with van der Waals surface area (Å²) in [5, 5.41) is 5.85. The van der Waals surface area contributed by atoms with Crippen molar-refractivity contribution in [3.63, 3.8) is 0 Å². The highest BCUT2D eigenvalue weighted by Crippen LogP contribution is 2.31. The molecule has 1 fully saturated rings. The van der Waals surface area contributed by atoms with Gasteiger partial charge in [-0.3, -0.25) is 9.59 Å². The van der Waals surface area contributed by atoms with Crippen molar-refractivity contribution in [2.45, 2.75) is 37.5 Å². The topological polar surface area (TPSA) is 62.3 Å². The molecule has 2 amide bonds. The summed E-state index contributed by atoms with van der Waals surface area (Å²) in [6, 6.07) is 26.8. The van der Waals surface area contributed by atoms with E-state index in [1.54, 1.807) is 12.1 Å². The summed E-state index contributed by atoms with van der Waals surface area (Å²) >= 11 is 1.52. The molecule has 0 spiro atoms. The largest absolute Gasteiger partial charge is 0.351 e. The van der Waals surface area contributed by atoms with E-state index in [4.69, 9.17) is 0 Å². The van der Waals surface area contributed by atoms with Crippen molar-refractivity contribution in [1.29, 1.82) is 0 Å². The number of halogens is 1. The third-order valence-electron chi connectivity index (χ3n) is 7.34. The summed E-state index contributed by atoms with van der Waals surface area (Å²) in [7, 11) is 0. The molecule has 1 aromatic heterocycles. The zero-order valence-corrected chi connectivity index (χ0v) is 22.6. The molecule has 3 aromatic carbocycles. The van der Waals surface area contributed by atoms with Crippen LogP contribution >= 0.6 is 11.3 Å². The fourth-order valence-corrected chi connectivity index (χ4v) is 6.13. The summed E-state index contributed by atoms with van der Waals surface area (Å²) in [5.41, 5.74) is 3.74. The molecule has 200 valence electrons. The first kappa shape index (κ1) is 26.8. The maximum atomic E-state index is 13.1. The quantitative estimate of drug-likeness (QED) is 0.275. The van der Waals surface area contributed by atoms with Gasteiger partial charge in [0.2, 0.25) is 5.91 Å². The van der Waals surface area contributed by atoms with E-state index in [2.05, 4.69) is 34.6 Å². The van der Waals surface area contributed by atoms with Crippen LogP contribution in [0.3, 0.4) is 0 Å². The maximum Gasteiger partial charge on any atom is 0.270 e. The normalized spacial score (nSPS) is 13.9. The average molecular weight is 542 g/mol. The second-order valence-electron chi connectivity index (χ2n) is 9.95. The number of nitrogens with one attached hydrogen (secondary N) is 1. The van der Waals surface area contributed by atoms with Crippen molar-refractivity contribution in [2.24, 2.45) is 0 Å². The molecule has 1 saturated heterocycles. The third kappa shape index (κ3) is 6.98. The second-order valence-corrected chi connectivity index (χ2v) is 10.8. The van der Waals surface area contributed by atoms with Gasteiger partial charge in [0.25, 0.3) is 5.91 Å². The Hall–Kier alpha value is -3.84. The van der Waals surface area contributed by atoms with Gasteiger partial charge in [0.15, 0.2) is 0 Å². The van der Waals surface area contributed by atoms with E-state index in [9.17, 15) is 14.0 Å². The number of rotatable bonds is 9. The SMILES string of the molecule is O=C(NCCC(c1ccccc1)c1ccccc1)c1csc(C2CCN(C(=O)Cc3ccc(F)cc3)CC2)n1. The first-order valence-corrected chi connectivity index (χ1v) is 14.3. The van der Waals surface area contributed by atoms with E-state index in [1.165, 1.54) is 34.6 Å². The Labute approximate surface area is 232 Å². The fourth-order valence-electron chi connectivity index (χ4n) is 5.16. The van der Waals surface area contributed by atoms with E-state index in [-0.39, 0.29) is 35.9 Å². The molecule has 39 heavy (non-hydrogen) atoms. The van der Waals surface area contributed by atoms with Gasteiger partial charge in [0, 0.05) is 36.9 Å². The number of thiazole rings is 1. The smallest absolute Gasteiger partial charge is 0.270 e. The summed E-state index contributed by atoms with van der Waals surface area (Å²) in [6.07, 6.45) is 2.71. The van der Waals surface area contributed by atoms with Crippen LogP contribution in [0.15, 0.2) is 90.3 Å². The van der Waals surface area contributed by atoms with Gasteiger partial charge < -0.3 is 10.2 Å². The van der Waals surface area contributed by atoms with Crippen LogP contribution in [0.25, 0.3) is 0 Å². The number of carbonyl (C=O) groups excluding carboxylic acids is 2. The van der Waals surface area contributed by atoms with Gasteiger partial charge in [-0.2, -0.15) is 0 Å². The average Bonchev–Trinajstić information content (AvgIpc) is 3.48. The molecular weight excluding hydrogens is 509 g/mol. The number of hydrogen-bond acceptors (Lipinski definition) is 4. The van der Waals surface area contributed by atoms with Crippen LogP contribution < -0.4 is 5.32 Å². The first-order valence-electron chi connectivity index (χ1n) is 13.4. The van der Waals surface area contributed by atoms with Crippen LogP contribution in [-0.4, -0.2) is 41.3 Å². The van der Waals surface area contributed by atoms with Crippen molar-refractivity contribution in [1.82, 2.24) is 15.2 Å². The van der Waals surface area contributed by atoms with Gasteiger partial charge in [-0.25, -0.2) is 9.37 Å². The molecule has 1 aliphatic heterocycles. The lowest BCUT2D eigenvalue weighted by Crippen LogP contribution is -2.38. The zero-order valence-electron chi connectivity index (χ0n) is 21.8. The molecule has 0 radical (unpaired) electrons. The lowest BCUT2D eigenvalue weighted by molar-refractivity contribution is -0.131. The third-order valence-corrected chi connectivity index (χ3v) is 8.35. The highest BCUT2D eigenvalue weighted by Gasteiger charge is 2.26. The monoisotopic (exact) mass is 541 g/mol. The Morgan fingerprint density at radius 3 is 2.15 bits per heavy atom. The minimum atomic E-state index is -0.299. The molecular formula is C32H32FN3O2S. The molecule has 5 rings (SSSR count). The van der Waals surface area contributed by atoms with Crippen molar-refractivity contribution < 1.29 is 14.0 Å². The van der Waals surface area contributed by atoms with Gasteiger partial charge in [0.05, 0.1) is 11.4 Å².